The van der Waals surface area contributed by atoms with Crippen LogP contribution in [0.15, 0.2) is 30.5 Å². The zero-order valence-electron chi connectivity index (χ0n) is 17.0. The third-order valence-electron chi connectivity index (χ3n) is 5.49. The van der Waals surface area contributed by atoms with Crippen molar-refractivity contribution in [2.75, 3.05) is 28.6 Å². The summed E-state index contributed by atoms with van der Waals surface area (Å²) >= 11 is 6.03. The molecule has 2 aromatic rings. The summed E-state index contributed by atoms with van der Waals surface area (Å²) in [7, 11) is 0. The number of ether oxygens (including phenoxy) is 1. The summed E-state index contributed by atoms with van der Waals surface area (Å²) in [6, 6.07) is 5.88. The van der Waals surface area contributed by atoms with Gasteiger partial charge in [0.1, 0.15) is 11.6 Å². The second-order valence-electron chi connectivity index (χ2n) is 7.74. The number of fused-ring (bicyclic) bond motifs is 1. The second-order valence-corrected chi connectivity index (χ2v) is 8.15. The lowest BCUT2D eigenvalue weighted by Gasteiger charge is -2.32. The highest BCUT2D eigenvalue weighted by Crippen LogP contribution is 2.35. The van der Waals surface area contributed by atoms with Crippen molar-refractivity contribution in [1.82, 2.24) is 4.98 Å². The van der Waals surface area contributed by atoms with Gasteiger partial charge in [0.2, 0.25) is 5.91 Å². The summed E-state index contributed by atoms with van der Waals surface area (Å²) in [6.45, 7) is 2.51. The van der Waals surface area contributed by atoms with Gasteiger partial charge in [0.15, 0.2) is 6.10 Å². The van der Waals surface area contributed by atoms with E-state index in [1.807, 2.05) is 0 Å². The van der Waals surface area contributed by atoms with Gasteiger partial charge in [-0.05, 0) is 44.0 Å². The molecular formula is C21H20ClF3N4O3. The van der Waals surface area contributed by atoms with Crippen LogP contribution in [0, 0.1) is 5.92 Å². The highest BCUT2D eigenvalue weighted by molar-refractivity contribution is 6.33. The van der Waals surface area contributed by atoms with Crippen molar-refractivity contribution in [3.05, 3.63) is 41.0 Å². The van der Waals surface area contributed by atoms with Crippen molar-refractivity contribution >= 4 is 40.6 Å². The Morgan fingerprint density at radius 3 is 2.66 bits per heavy atom. The molecular weight excluding hydrogens is 449 g/mol. The molecule has 2 aliphatic heterocycles. The molecule has 4 rings (SSSR count). The van der Waals surface area contributed by atoms with Crippen LogP contribution < -0.4 is 20.3 Å². The Kier molecular flexibility index (Phi) is 5.89. The van der Waals surface area contributed by atoms with Crippen LogP contribution in [-0.2, 0) is 15.8 Å². The highest BCUT2D eigenvalue weighted by Gasteiger charge is 2.33. The third-order valence-corrected chi connectivity index (χ3v) is 5.77. The quantitative estimate of drug-likeness (QED) is 0.700. The van der Waals surface area contributed by atoms with Gasteiger partial charge >= 0.3 is 6.18 Å². The number of alkyl halides is 3. The number of rotatable bonds is 3. The summed E-state index contributed by atoms with van der Waals surface area (Å²) in [4.78, 5) is 30.1. The first-order chi connectivity index (χ1) is 15.1. The molecule has 32 heavy (non-hydrogen) atoms. The number of pyridine rings is 1. The first kappa shape index (κ1) is 22.2. The van der Waals surface area contributed by atoms with Crippen molar-refractivity contribution < 1.29 is 27.5 Å². The van der Waals surface area contributed by atoms with E-state index in [1.54, 1.807) is 30.0 Å². The largest absolute Gasteiger partial charge is 0.479 e. The predicted octanol–water partition coefficient (Wildman–Crippen LogP) is 4.33. The van der Waals surface area contributed by atoms with Gasteiger partial charge in [0.25, 0.3) is 5.91 Å². The van der Waals surface area contributed by atoms with E-state index >= 15 is 0 Å². The lowest BCUT2D eigenvalue weighted by atomic mass is 9.95. The standard InChI is InChI=1S/C21H20ClF3N4O3/c1-11-19(30)28-16-9-14(2-3-17(16)32-11)27-20(31)12-4-6-29(7-5-12)18-15(22)8-13(10-26-18)21(23,24)25/h2-3,8-12H,4-7H2,1H3,(H,27,31)(H,28,30). The monoisotopic (exact) mass is 468 g/mol. The van der Waals surface area contributed by atoms with Gasteiger partial charge < -0.3 is 20.3 Å². The Labute approximate surface area is 186 Å². The Bertz CT molecular complexity index is 1060. The minimum atomic E-state index is -4.51. The summed E-state index contributed by atoms with van der Waals surface area (Å²) in [6.07, 6.45) is -3.34. The number of nitrogens with one attached hydrogen (secondary N) is 2. The van der Waals surface area contributed by atoms with Crippen LogP contribution in [0.2, 0.25) is 5.02 Å². The van der Waals surface area contributed by atoms with E-state index in [1.165, 1.54) is 0 Å². The normalized spacial score (nSPS) is 19.1. The summed E-state index contributed by atoms with van der Waals surface area (Å²) in [5, 5.41) is 5.51. The number of benzene rings is 1. The summed E-state index contributed by atoms with van der Waals surface area (Å²) in [5.74, 6) is 0.0975. The molecule has 7 nitrogen and oxygen atoms in total. The molecule has 0 aliphatic carbocycles. The maximum absolute atomic E-state index is 12.8. The molecule has 1 fully saturated rings. The molecule has 0 bridgehead atoms. The van der Waals surface area contributed by atoms with Crippen molar-refractivity contribution in [2.45, 2.75) is 32.0 Å². The molecule has 1 atom stereocenters. The first-order valence-electron chi connectivity index (χ1n) is 10.0. The molecule has 1 unspecified atom stereocenters. The number of hydrogen-bond acceptors (Lipinski definition) is 5. The maximum atomic E-state index is 12.8. The number of anilines is 3. The minimum Gasteiger partial charge on any atom is -0.479 e. The van der Waals surface area contributed by atoms with Crippen LogP contribution in [0.1, 0.15) is 25.3 Å². The van der Waals surface area contributed by atoms with Crippen molar-refractivity contribution in [1.29, 1.82) is 0 Å². The molecule has 0 spiro atoms. The van der Waals surface area contributed by atoms with Crippen molar-refractivity contribution in [2.24, 2.45) is 5.92 Å². The number of hydrogen-bond donors (Lipinski definition) is 2. The molecule has 2 amide bonds. The van der Waals surface area contributed by atoms with Crippen molar-refractivity contribution in [3.63, 3.8) is 0 Å². The van der Waals surface area contributed by atoms with Crippen LogP contribution in [0.5, 0.6) is 5.75 Å². The van der Waals surface area contributed by atoms with E-state index in [9.17, 15) is 22.8 Å². The van der Waals surface area contributed by atoms with Gasteiger partial charge in [0, 0.05) is 30.9 Å². The number of amides is 2. The smallest absolute Gasteiger partial charge is 0.417 e. The molecule has 1 aromatic heterocycles. The Morgan fingerprint density at radius 1 is 1.28 bits per heavy atom. The predicted molar refractivity (Wildman–Crippen MR) is 113 cm³/mol. The molecule has 2 aliphatic rings. The lowest BCUT2D eigenvalue weighted by molar-refractivity contribution is -0.137. The number of aromatic nitrogens is 1. The van der Waals surface area contributed by atoms with E-state index in [0.29, 0.717) is 43.1 Å². The van der Waals surface area contributed by atoms with Gasteiger partial charge in [-0.15, -0.1) is 0 Å². The molecule has 0 saturated carbocycles. The fraction of sp³-hybridized carbons (Fsp3) is 0.381. The van der Waals surface area contributed by atoms with Gasteiger partial charge in [-0.3, -0.25) is 9.59 Å². The molecule has 1 saturated heterocycles. The number of nitrogens with zero attached hydrogens (tertiary/aromatic N) is 2. The molecule has 1 aromatic carbocycles. The molecule has 170 valence electrons. The van der Waals surface area contributed by atoms with Gasteiger partial charge in [-0.2, -0.15) is 13.2 Å². The van der Waals surface area contributed by atoms with Crippen LogP contribution >= 0.6 is 11.6 Å². The van der Waals surface area contributed by atoms with E-state index in [2.05, 4.69) is 15.6 Å². The molecule has 2 N–H and O–H groups in total. The van der Waals surface area contributed by atoms with Crippen LogP contribution in [0.4, 0.5) is 30.4 Å². The van der Waals surface area contributed by atoms with E-state index in [4.69, 9.17) is 16.3 Å². The average Bonchev–Trinajstić information content (AvgIpc) is 2.74. The molecule has 3 heterocycles. The van der Waals surface area contributed by atoms with Crippen LogP contribution in [0.25, 0.3) is 0 Å². The van der Waals surface area contributed by atoms with E-state index < -0.39 is 17.8 Å². The fourth-order valence-corrected chi connectivity index (χ4v) is 3.99. The Hall–Kier alpha value is -3.01. The van der Waals surface area contributed by atoms with E-state index in [-0.39, 0.29) is 28.6 Å². The summed E-state index contributed by atoms with van der Waals surface area (Å²) < 4.78 is 43.9. The third kappa shape index (κ3) is 4.59. The fourth-order valence-electron chi connectivity index (χ4n) is 3.70. The number of halogens is 4. The topological polar surface area (TPSA) is 83.6 Å². The minimum absolute atomic E-state index is 0.0737. The lowest BCUT2D eigenvalue weighted by Crippen LogP contribution is -2.38. The Morgan fingerprint density at radius 2 is 2.00 bits per heavy atom. The maximum Gasteiger partial charge on any atom is 0.417 e. The zero-order valence-corrected chi connectivity index (χ0v) is 17.8. The van der Waals surface area contributed by atoms with Gasteiger partial charge in [-0.25, -0.2) is 4.98 Å². The number of carbonyl (C=O) groups excluding carboxylic acids is 2. The second kappa shape index (κ2) is 8.50. The molecule has 0 radical (unpaired) electrons. The number of carbonyl (C=O) groups is 2. The SMILES string of the molecule is CC1Oc2ccc(NC(=O)C3CCN(c4ncc(C(F)(F)F)cc4Cl)CC3)cc2NC1=O. The van der Waals surface area contributed by atoms with Crippen LogP contribution in [0.3, 0.4) is 0 Å². The van der Waals surface area contributed by atoms with Crippen LogP contribution in [-0.4, -0.2) is 36.0 Å². The first-order valence-corrected chi connectivity index (χ1v) is 10.4. The highest BCUT2D eigenvalue weighted by atomic mass is 35.5. The van der Waals surface area contributed by atoms with Crippen molar-refractivity contribution in [3.8, 4) is 5.75 Å². The number of piperidine rings is 1. The van der Waals surface area contributed by atoms with Gasteiger partial charge in [0.05, 0.1) is 16.3 Å². The zero-order chi connectivity index (χ0) is 23.0. The summed E-state index contributed by atoms with van der Waals surface area (Å²) in [5.41, 5.74) is 0.118. The average molecular weight is 469 g/mol. The van der Waals surface area contributed by atoms with Gasteiger partial charge in [-0.1, -0.05) is 11.6 Å². The van der Waals surface area contributed by atoms with E-state index in [0.717, 1.165) is 12.3 Å². The molecule has 11 heteroatoms. The Balaban J connectivity index is 1.36.